The molecule has 2 aromatic carbocycles. The summed E-state index contributed by atoms with van der Waals surface area (Å²) in [6.45, 7) is 6.34. The van der Waals surface area contributed by atoms with Crippen LogP contribution in [0.3, 0.4) is 0 Å². The average Bonchev–Trinajstić information content (AvgIpc) is 3.09. The number of hydrogen-bond acceptors (Lipinski definition) is 3. The molecular formula is C25H20N2O. The molecule has 0 radical (unpaired) electrons. The number of rotatable bonds is 2. The van der Waals surface area contributed by atoms with Gasteiger partial charge in [0.05, 0.1) is 5.69 Å². The lowest BCUT2D eigenvalue weighted by molar-refractivity contribution is 0.654. The average molecular weight is 364 g/mol. The molecule has 0 fully saturated rings. The van der Waals surface area contributed by atoms with E-state index in [1.807, 2.05) is 18.3 Å². The van der Waals surface area contributed by atoms with Gasteiger partial charge in [-0.3, -0.25) is 4.98 Å². The second-order valence-electron chi connectivity index (χ2n) is 7.30. The molecule has 0 aliphatic carbocycles. The van der Waals surface area contributed by atoms with Crippen LogP contribution in [0.1, 0.15) is 16.7 Å². The summed E-state index contributed by atoms with van der Waals surface area (Å²) >= 11 is 0. The molecule has 0 amide bonds. The molecule has 0 atom stereocenters. The van der Waals surface area contributed by atoms with Crippen LogP contribution in [0.25, 0.3) is 44.5 Å². The number of pyridine rings is 2. The van der Waals surface area contributed by atoms with Crippen LogP contribution in [0.15, 0.2) is 71.4 Å². The second kappa shape index (κ2) is 6.31. The summed E-state index contributed by atoms with van der Waals surface area (Å²) in [4.78, 5) is 9.18. The van der Waals surface area contributed by atoms with E-state index in [1.165, 1.54) is 16.7 Å². The van der Waals surface area contributed by atoms with Crippen LogP contribution in [0.5, 0.6) is 0 Å². The van der Waals surface area contributed by atoms with Crippen LogP contribution >= 0.6 is 0 Å². The molecule has 0 aliphatic rings. The van der Waals surface area contributed by atoms with Gasteiger partial charge in [0, 0.05) is 28.7 Å². The van der Waals surface area contributed by atoms with Gasteiger partial charge in [0.2, 0.25) is 5.71 Å². The topological polar surface area (TPSA) is 38.9 Å². The third kappa shape index (κ3) is 2.51. The van der Waals surface area contributed by atoms with Gasteiger partial charge in [0.1, 0.15) is 5.58 Å². The van der Waals surface area contributed by atoms with Gasteiger partial charge < -0.3 is 4.42 Å². The predicted octanol–water partition coefficient (Wildman–Crippen LogP) is 6.64. The number of benzene rings is 2. The van der Waals surface area contributed by atoms with Crippen molar-refractivity contribution in [3.63, 3.8) is 0 Å². The molecule has 5 rings (SSSR count). The molecular weight excluding hydrogens is 344 g/mol. The standard InChI is InChI=1S/C25H20N2O/c1-15-12-16(2)23(24-22(15)19-10-7-11-26-25(19)28-24)21-13-20(17(3)14-27-21)18-8-5-4-6-9-18/h4-14H,1-3H3. The zero-order valence-electron chi connectivity index (χ0n) is 16.2. The van der Waals surface area contributed by atoms with Gasteiger partial charge in [-0.15, -0.1) is 0 Å². The van der Waals surface area contributed by atoms with Crippen molar-refractivity contribution in [2.24, 2.45) is 0 Å². The molecule has 0 spiro atoms. The molecule has 5 aromatic rings. The Bertz CT molecular complexity index is 1330. The van der Waals surface area contributed by atoms with Crippen LogP contribution in [0.4, 0.5) is 0 Å². The summed E-state index contributed by atoms with van der Waals surface area (Å²) in [5.41, 5.74) is 9.37. The van der Waals surface area contributed by atoms with Gasteiger partial charge in [-0.25, -0.2) is 4.98 Å². The first-order valence-corrected chi connectivity index (χ1v) is 9.43. The lowest BCUT2D eigenvalue weighted by atomic mass is 9.95. The quantitative estimate of drug-likeness (QED) is 0.353. The van der Waals surface area contributed by atoms with Crippen molar-refractivity contribution in [2.45, 2.75) is 20.8 Å². The van der Waals surface area contributed by atoms with E-state index in [0.717, 1.165) is 38.7 Å². The molecule has 3 aromatic heterocycles. The Morgan fingerprint density at radius 1 is 0.786 bits per heavy atom. The predicted molar refractivity (Wildman–Crippen MR) is 114 cm³/mol. The molecule has 136 valence electrons. The van der Waals surface area contributed by atoms with E-state index >= 15 is 0 Å². The SMILES string of the molecule is Cc1cnc(-c2c(C)cc(C)c3c2oc2ncccc23)cc1-c1ccccc1. The normalized spacial score (nSPS) is 11.4. The van der Waals surface area contributed by atoms with Gasteiger partial charge >= 0.3 is 0 Å². The fourth-order valence-corrected chi connectivity index (χ4v) is 4.06. The first kappa shape index (κ1) is 16.7. The van der Waals surface area contributed by atoms with Crippen molar-refractivity contribution < 1.29 is 4.42 Å². The van der Waals surface area contributed by atoms with Crippen LogP contribution in [0.2, 0.25) is 0 Å². The monoisotopic (exact) mass is 364 g/mol. The Kier molecular flexibility index (Phi) is 3.76. The fourth-order valence-electron chi connectivity index (χ4n) is 4.06. The second-order valence-corrected chi connectivity index (χ2v) is 7.30. The van der Waals surface area contributed by atoms with E-state index in [1.54, 1.807) is 6.20 Å². The number of hydrogen-bond donors (Lipinski definition) is 0. The number of aryl methyl sites for hydroxylation is 3. The molecule has 0 saturated carbocycles. The van der Waals surface area contributed by atoms with Crippen molar-refractivity contribution in [3.8, 4) is 22.4 Å². The smallest absolute Gasteiger partial charge is 0.227 e. The molecule has 0 N–H and O–H groups in total. The highest BCUT2D eigenvalue weighted by molar-refractivity contribution is 6.10. The zero-order chi connectivity index (χ0) is 19.3. The van der Waals surface area contributed by atoms with Crippen molar-refractivity contribution in [1.82, 2.24) is 9.97 Å². The van der Waals surface area contributed by atoms with Crippen LogP contribution in [-0.2, 0) is 0 Å². The minimum Gasteiger partial charge on any atom is -0.437 e. The third-order valence-electron chi connectivity index (χ3n) is 5.36. The van der Waals surface area contributed by atoms with Crippen molar-refractivity contribution in [2.75, 3.05) is 0 Å². The summed E-state index contributed by atoms with van der Waals surface area (Å²) in [7, 11) is 0. The van der Waals surface area contributed by atoms with E-state index in [-0.39, 0.29) is 0 Å². The Hall–Kier alpha value is -3.46. The summed E-state index contributed by atoms with van der Waals surface area (Å²) in [5.74, 6) is 0. The summed E-state index contributed by atoms with van der Waals surface area (Å²) in [6, 6.07) is 18.8. The van der Waals surface area contributed by atoms with Crippen LogP contribution in [-0.4, -0.2) is 9.97 Å². The lowest BCUT2D eigenvalue weighted by Crippen LogP contribution is -1.93. The molecule has 28 heavy (non-hydrogen) atoms. The Morgan fingerprint density at radius 2 is 1.61 bits per heavy atom. The Labute approximate surface area is 163 Å². The Morgan fingerprint density at radius 3 is 2.43 bits per heavy atom. The minimum absolute atomic E-state index is 0.669. The van der Waals surface area contributed by atoms with Crippen LogP contribution < -0.4 is 0 Å². The van der Waals surface area contributed by atoms with Crippen molar-refractivity contribution >= 4 is 22.1 Å². The van der Waals surface area contributed by atoms with E-state index in [4.69, 9.17) is 9.40 Å². The van der Waals surface area contributed by atoms with Gasteiger partial charge in [0.15, 0.2) is 0 Å². The first-order chi connectivity index (χ1) is 13.6. The van der Waals surface area contributed by atoms with Gasteiger partial charge in [-0.2, -0.15) is 0 Å². The summed E-state index contributed by atoms with van der Waals surface area (Å²) in [5, 5.41) is 2.17. The lowest BCUT2D eigenvalue weighted by Gasteiger charge is -2.12. The highest BCUT2D eigenvalue weighted by Gasteiger charge is 2.19. The zero-order valence-corrected chi connectivity index (χ0v) is 16.2. The maximum atomic E-state index is 6.22. The molecule has 0 saturated heterocycles. The van der Waals surface area contributed by atoms with Gasteiger partial charge in [0.25, 0.3) is 0 Å². The van der Waals surface area contributed by atoms with E-state index < -0.39 is 0 Å². The van der Waals surface area contributed by atoms with Crippen molar-refractivity contribution in [1.29, 1.82) is 0 Å². The first-order valence-electron chi connectivity index (χ1n) is 9.43. The van der Waals surface area contributed by atoms with Crippen LogP contribution in [0, 0.1) is 20.8 Å². The van der Waals surface area contributed by atoms with Gasteiger partial charge in [-0.1, -0.05) is 36.4 Å². The minimum atomic E-state index is 0.669. The van der Waals surface area contributed by atoms with Crippen molar-refractivity contribution in [3.05, 3.63) is 83.7 Å². The molecule has 0 bridgehead atoms. The van der Waals surface area contributed by atoms with Gasteiger partial charge in [-0.05, 0) is 66.8 Å². The molecule has 3 heteroatoms. The molecule has 3 heterocycles. The summed E-state index contributed by atoms with van der Waals surface area (Å²) in [6.07, 6.45) is 3.72. The van der Waals surface area contributed by atoms with E-state index in [9.17, 15) is 0 Å². The number of nitrogens with zero attached hydrogens (tertiary/aromatic N) is 2. The Balaban J connectivity index is 1.83. The number of furan rings is 1. The maximum Gasteiger partial charge on any atom is 0.227 e. The van der Waals surface area contributed by atoms with E-state index in [2.05, 4.69) is 68.2 Å². The highest BCUT2D eigenvalue weighted by atomic mass is 16.3. The molecule has 0 aliphatic heterocycles. The highest BCUT2D eigenvalue weighted by Crippen LogP contribution is 2.39. The molecule has 3 nitrogen and oxygen atoms in total. The number of aromatic nitrogens is 2. The maximum absolute atomic E-state index is 6.22. The fraction of sp³-hybridized carbons (Fsp3) is 0.120. The summed E-state index contributed by atoms with van der Waals surface area (Å²) < 4.78 is 6.22. The van der Waals surface area contributed by atoms with E-state index in [0.29, 0.717) is 5.71 Å². The largest absolute Gasteiger partial charge is 0.437 e. The third-order valence-corrected chi connectivity index (χ3v) is 5.36. The molecule has 0 unspecified atom stereocenters. The number of fused-ring (bicyclic) bond motifs is 3.